The van der Waals surface area contributed by atoms with Crippen molar-refractivity contribution in [3.8, 4) is 17.1 Å². The smallest absolute Gasteiger partial charge is 0.390 e. The van der Waals surface area contributed by atoms with Gasteiger partial charge >= 0.3 is 11.4 Å². The summed E-state index contributed by atoms with van der Waals surface area (Å²) in [6.07, 6.45) is 0. The summed E-state index contributed by atoms with van der Waals surface area (Å²) in [5, 5.41) is 0. The topological polar surface area (TPSA) is 65.1 Å². The Morgan fingerprint density at radius 1 is 1.00 bits per heavy atom. The van der Waals surface area contributed by atoms with E-state index in [0.717, 1.165) is 27.8 Å². The minimum Gasteiger partial charge on any atom is -0.390 e. The van der Waals surface area contributed by atoms with Crippen LogP contribution in [-0.2, 0) is 0 Å². The van der Waals surface area contributed by atoms with Crippen molar-refractivity contribution >= 4 is 0 Å². The molecule has 0 aliphatic carbocycles. The van der Waals surface area contributed by atoms with Gasteiger partial charge in [-0.3, -0.25) is 0 Å². The fraction of sp³-hybridized carbons (Fsp3) is 0.118. The van der Waals surface area contributed by atoms with Crippen molar-refractivity contribution in [1.29, 1.82) is 0 Å². The van der Waals surface area contributed by atoms with Crippen LogP contribution in [0.2, 0.25) is 0 Å². The van der Waals surface area contributed by atoms with Crippen LogP contribution < -0.4 is 11.4 Å². The van der Waals surface area contributed by atoms with E-state index in [2.05, 4.69) is 4.98 Å². The zero-order valence-electron chi connectivity index (χ0n) is 12.5. The molecule has 23 heavy (non-hydrogen) atoms. The van der Waals surface area contributed by atoms with Gasteiger partial charge in [0, 0.05) is 5.56 Å². The van der Waals surface area contributed by atoms with Crippen LogP contribution in [0.15, 0.2) is 56.5 Å². The molecule has 1 heterocycles. The lowest BCUT2D eigenvalue weighted by atomic mass is 10.1. The maximum absolute atomic E-state index is 13.0. The van der Waals surface area contributed by atoms with E-state index in [9.17, 15) is 14.0 Å². The molecular formula is C17H13FN2O3. The van der Waals surface area contributed by atoms with Gasteiger partial charge in [0.05, 0.1) is 5.69 Å². The predicted molar refractivity (Wildman–Crippen MR) is 83.2 cm³/mol. The first-order valence-corrected chi connectivity index (χ1v) is 6.93. The van der Waals surface area contributed by atoms with Gasteiger partial charge in [0.25, 0.3) is 0 Å². The average molecular weight is 312 g/mol. The molecule has 0 amide bonds. The van der Waals surface area contributed by atoms with Gasteiger partial charge in [0.15, 0.2) is 0 Å². The van der Waals surface area contributed by atoms with Crippen molar-refractivity contribution in [2.75, 3.05) is 0 Å². The molecule has 0 saturated heterocycles. The van der Waals surface area contributed by atoms with Gasteiger partial charge in [0.2, 0.25) is 5.89 Å². The Morgan fingerprint density at radius 2 is 1.61 bits per heavy atom. The normalized spacial score (nSPS) is 10.7. The van der Waals surface area contributed by atoms with Crippen LogP contribution in [0, 0.1) is 19.7 Å². The highest BCUT2D eigenvalue weighted by Gasteiger charge is 2.12. The van der Waals surface area contributed by atoms with E-state index in [4.69, 9.17) is 4.42 Å². The van der Waals surface area contributed by atoms with E-state index in [1.807, 2.05) is 19.9 Å². The SMILES string of the molecule is Cc1cc(C)cc(-c2nc(=O)n(-c3ccc(F)cc3)c(=O)o2)c1. The second kappa shape index (κ2) is 5.64. The number of rotatable bonds is 2. The van der Waals surface area contributed by atoms with Gasteiger partial charge in [-0.15, -0.1) is 0 Å². The lowest BCUT2D eigenvalue weighted by Crippen LogP contribution is -2.33. The highest BCUT2D eigenvalue weighted by molar-refractivity contribution is 5.55. The maximum atomic E-state index is 13.0. The van der Waals surface area contributed by atoms with Crippen molar-refractivity contribution in [1.82, 2.24) is 9.55 Å². The molecule has 0 atom stereocenters. The third-order valence-electron chi connectivity index (χ3n) is 3.31. The summed E-state index contributed by atoms with van der Waals surface area (Å²) in [7, 11) is 0. The summed E-state index contributed by atoms with van der Waals surface area (Å²) in [4.78, 5) is 28.2. The first-order chi connectivity index (χ1) is 10.9. The minimum absolute atomic E-state index is 0.0369. The number of benzene rings is 2. The second-order valence-electron chi connectivity index (χ2n) is 5.26. The monoisotopic (exact) mass is 312 g/mol. The molecule has 0 fully saturated rings. The van der Waals surface area contributed by atoms with Crippen LogP contribution in [0.3, 0.4) is 0 Å². The van der Waals surface area contributed by atoms with E-state index in [1.165, 1.54) is 12.1 Å². The van der Waals surface area contributed by atoms with Gasteiger partial charge < -0.3 is 4.42 Å². The van der Waals surface area contributed by atoms with Gasteiger partial charge in [-0.05, 0) is 50.2 Å². The second-order valence-corrected chi connectivity index (χ2v) is 5.26. The van der Waals surface area contributed by atoms with Crippen molar-refractivity contribution in [3.63, 3.8) is 0 Å². The Kier molecular flexibility index (Phi) is 3.65. The Hall–Kier alpha value is -3.02. The molecule has 0 aliphatic heterocycles. The minimum atomic E-state index is -0.870. The van der Waals surface area contributed by atoms with Crippen molar-refractivity contribution in [2.45, 2.75) is 13.8 Å². The quantitative estimate of drug-likeness (QED) is 0.729. The number of hydrogen-bond donors (Lipinski definition) is 0. The van der Waals surface area contributed by atoms with Crippen LogP contribution >= 0.6 is 0 Å². The summed E-state index contributed by atoms with van der Waals surface area (Å²) in [6.45, 7) is 3.79. The number of nitrogens with zero attached hydrogens (tertiary/aromatic N) is 2. The lowest BCUT2D eigenvalue weighted by Gasteiger charge is -2.06. The maximum Gasteiger partial charge on any atom is 0.429 e. The summed E-state index contributed by atoms with van der Waals surface area (Å²) < 4.78 is 18.9. The zero-order chi connectivity index (χ0) is 16.6. The van der Waals surface area contributed by atoms with E-state index in [-0.39, 0.29) is 11.6 Å². The van der Waals surface area contributed by atoms with Gasteiger partial charge in [-0.1, -0.05) is 17.2 Å². The molecule has 5 nitrogen and oxygen atoms in total. The van der Waals surface area contributed by atoms with E-state index in [0.29, 0.717) is 5.56 Å². The molecule has 0 radical (unpaired) electrons. The van der Waals surface area contributed by atoms with E-state index < -0.39 is 17.3 Å². The molecule has 0 unspecified atom stereocenters. The molecule has 2 aromatic carbocycles. The van der Waals surface area contributed by atoms with Crippen LogP contribution in [0.25, 0.3) is 17.1 Å². The molecule has 1 aromatic heterocycles. The third-order valence-corrected chi connectivity index (χ3v) is 3.31. The molecule has 0 N–H and O–H groups in total. The molecule has 3 aromatic rings. The number of hydrogen-bond acceptors (Lipinski definition) is 4. The summed E-state index contributed by atoms with van der Waals surface area (Å²) in [5.74, 6) is -1.37. The number of aromatic nitrogens is 2. The van der Waals surface area contributed by atoms with Crippen molar-refractivity contribution < 1.29 is 8.81 Å². The first-order valence-electron chi connectivity index (χ1n) is 6.93. The summed E-state index contributed by atoms with van der Waals surface area (Å²) >= 11 is 0. The molecular weight excluding hydrogens is 299 g/mol. The van der Waals surface area contributed by atoms with Gasteiger partial charge in [0.1, 0.15) is 5.82 Å². The van der Waals surface area contributed by atoms with Crippen LogP contribution in [-0.4, -0.2) is 9.55 Å². The standard InChI is InChI=1S/C17H13FN2O3/c1-10-7-11(2)9-12(8-10)15-19-16(21)20(17(22)23-15)14-5-3-13(18)4-6-14/h3-9H,1-2H3. The number of halogens is 1. The molecule has 0 saturated carbocycles. The Morgan fingerprint density at radius 3 is 2.17 bits per heavy atom. The third kappa shape index (κ3) is 2.96. The largest absolute Gasteiger partial charge is 0.429 e. The molecule has 6 heteroatoms. The van der Waals surface area contributed by atoms with Crippen LogP contribution in [0.1, 0.15) is 11.1 Å². The molecule has 0 bridgehead atoms. The van der Waals surface area contributed by atoms with E-state index in [1.54, 1.807) is 12.1 Å². The Labute approximate surface area is 130 Å². The Bertz CT molecular complexity index is 936. The van der Waals surface area contributed by atoms with E-state index >= 15 is 0 Å². The van der Waals surface area contributed by atoms with Gasteiger partial charge in [-0.25, -0.2) is 14.0 Å². The Balaban J connectivity index is 2.16. The molecule has 0 spiro atoms. The lowest BCUT2D eigenvalue weighted by molar-refractivity contribution is 0.448. The van der Waals surface area contributed by atoms with Crippen LogP contribution in [0.4, 0.5) is 4.39 Å². The zero-order valence-corrected chi connectivity index (χ0v) is 12.5. The summed E-state index contributed by atoms with van der Waals surface area (Å²) in [6, 6.07) is 10.4. The van der Waals surface area contributed by atoms with Crippen molar-refractivity contribution in [3.05, 3.63) is 80.4 Å². The first kappa shape index (κ1) is 14.9. The van der Waals surface area contributed by atoms with Crippen LogP contribution in [0.5, 0.6) is 0 Å². The van der Waals surface area contributed by atoms with Crippen molar-refractivity contribution in [2.24, 2.45) is 0 Å². The summed E-state index contributed by atoms with van der Waals surface area (Å²) in [5.41, 5.74) is 1.91. The fourth-order valence-electron chi connectivity index (χ4n) is 2.39. The molecule has 0 aliphatic rings. The van der Waals surface area contributed by atoms with Gasteiger partial charge in [-0.2, -0.15) is 9.55 Å². The fourth-order valence-corrected chi connectivity index (χ4v) is 2.39. The molecule has 3 rings (SSSR count). The highest BCUT2D eigenvalue weighted by atomic mass is 19.1. The number of aryl methyl sites for hydroxylation is 2. The molecule has 116 valence electrons. The highest BCUT2D eigenvalue weighted by Crippen LogP contribution is 2.18. The average Bonchev–Trinajstić information content (AvgIpc) is 2.47. The predicted octanol–water partition coefficient (Wildman–Crippen LogP) is 2.61.